The number of hydrogen-bond donors (Lipinski definition) is 2. The fourth-order valence-electron chi connectivity index (χ4n) is 1.28. The quantitative estimate of drug-likeness (QED) is 0.285. The molecule has 0 radical (unpaired) electrons. The molecule has 0 amide bonds. The lowest BCUT2D eigenvalue weighted by molar-refractivity contribution is 0.00795. The van der Waals surface area contributed by atoms with Crippen LogP contribution in [-0.4, -0.2) is 48.3 Å². The van der Waals surface area contributed by atoms with E-state index in [1.807, 2.05) is 0 Å². The highest BCUT2D eigenvalue weighted by Crippen LogP contribution is 2.13. The van der Waals surface area contributed by atoms with E-state index < -0.39 is 0 Å². The van der Waals surface area contributed by atoms with Crippen LogP contribution in [0.3, 0.4) is 0 Å². The molecule has 5 nitrogen and oxygen atoms in total. The SMILES string of the molecule is CCN(CCC(N)=NO)CCC(C)(C)OC. The van der Waals surface area contributed by atoms with Crippen molar-refractivity contribution in [2.45, 2.75) is 39.2 Å². The minimum Gasteiger partial charge on any atom is -0.409 e. The standard InChI is InChI=1S/C11H25N3O2/c1-5-14(8-6-10(12)13-15)9-7-11(2,3)16-4/h15H,5-9H2,1-4H3,(H2,12,13). The van der Waals surface area contributed by atoms with Crippen LogP contribution in [0, 0.1) is 0 Å². The maximum Gasteiger partial charge on any atom is 0.140 e. The molecule has 0 spiro atoms. The molecule has 96 valence electrons. The van der Waals surface area contributed by atoms with Crippen LogP contribution in [0.2, 0.25) is 0 Å². The van der Waals surface area contributed by atoms with Gasteiger partial charge in [-0.3, -0.25) is 0 Å². The lowest BCUT2D eigenvalue weighted by Gasteiger charge is -2.27. The molecule has 0 saturated heterocycles. The van der Waals surface area contributed by atoms with Gasteiger partial charge in [-0.25, -0.2) is 0 Å². The highest BCUT2D eigenvalue weighted by atomic mass is 16.5. The molecular formula is C11H25N3O2. The number of ether oxygens (including phenoxy) is 1. The molecule has 0 fully saturated rings. The van der Waals surface area contributed by atoms with E-state index in [9.17, 15) is 0 Å². The predicted octanol–water partition coefficient (Wildman–Crippen LogP) is 1.26. The first kappa shape index (κ1) is 15.2. The summed E-state index contributed by atoms with van der Waals surface area (Å²) in [6, 6.07) is 0. The number of methoxy groups -OCH3 is 1. The van der Waals surface area contributed by atoms with Crippen LogP contribution in [0.15, 0.2) is 5.16 Å². The largest absolute Gasteiger partial charge is 0.409 e. The Hall–Kier alpha value is -0.810. The Balaban J connectivity index is 3.93. The number of hydrogen-bond acceptors (Lipinski definition) is 4. The first-order chi connectivity index (χ1) is 7.45. The Morgan fingerprint density at radius 2 is 2.06 bits per heavy atom. The Labute approximate surface area is 98.2 Å². The van der Waals surface area contributed by atoms with Crippen molar-refractivity contribution >= 4 is 5.84 Å². The number of rotatable bonds is 8. The first-order valence-corrected chi connectivity index (χ1v) is 5.69. The van der Waals surface area contributed by atoms with Gasteiger partial charge in [0.15, 0.2) is 0 Å². The molecule has 0 aromatic rings. The molecule has 0 aromatic carbocycles. The fourth-order valence-corrected chi connectivity index (χ4v) is 1.28. The molecule has 0 aliphatic heterocycles. The summed E-state index contributed by atoms with van der Waals surface area (Å²) in [7, 11) is 1.73. The minimum absolute atomic E-state index is 0.0932. The highest BCUT2D eigenvalue weighted by molar-refractivity contribution is 5.79. The molecule has 0 unspecified atom stereocenters. The van der Waals surface area contributed by atoms with Gasteiger partial charge >= 0.3 is 0 Å². The van der Waals surface area contributed by atoms with E-state index in [0.717, 1.165) is 26.1 Å². The Morgan fingerprint density at radius 3 is 2.50 bits per heavy atom. The molecule has 0 heterocycles. The average Bonchev–Trinajstić information content (AvgIpc) is 2.28. The smallest absolute Gasteiger partial charge is 0.140 e. The normalized spacial score (nSPS) is 13.4. The zero-order chi connectivity index (χ0) is 12.6. The topological polar surface area (TPSA) is 71.1 Å². The zero-order valence-electron chi connectivity index (χ0n) is 10.9. The Bertz CT molecular complexity index is 217. The average molecular weight is 231 g/mol. The van der Waals surface area contributed by atoms with Crippen molar-refractivity contribution in [3.63, 3.8) is 0 Å². The van der Waals surface area contributed by atoms with Crippen LogP contribution >= 0.6 is 0 Å². The summed E-state index contributed by atoms with van der Waals surface area (Å²) >= 11 is 0. The van der Waals surface area contributed by atoms with Crippen LogP contribution in [0.5, 0.6) is 0 Å². The van der Waals surface area contributed by atoms with E-state index >= 15 is 0 Å². The summed E-state index contributed by atoms with van der Waals surface area (Å²) in [5.74, 6) is 0.282. The van der Waals surface area contributed by atoms with E-state index in [4.69, 9.17) is 15.7 Å². The van der Waals surface area contributed by atoms with Crippen molar-refractivity contribution in [2.75, 3.05) is 26.7 Å². The van der Waals surface area contributed by atoms with Crippen molar-refractivity contribution in [3.05, 3.63) is 0 Å². The van der Waals surface area contributed by atoms with Gasteiger partial charge in [-0.1, -0.05) is 12.1 Å². The van der Waals surface area contributed by atoms with Crippen molar-refractivity contribution in [1.29, 1.82) is 0 Å². The van der Waals surface area contributed by atoms with Crippen LogP contribution in [0.4, 0.5) is 0 Å². The van der Waals surface area contributed by atoms with Crippen molar-refractivity contribution in [1.82, 2.24) is 4.90 Å². The van der Waals surface area contributed by atoms with Gasteiger partial charge in [0, 0.05) is 26.6 Å². The van der Waals surface area contributed by atoms with Gasteiger partial charge in [-0.2, -0.15) is 0 Å². The second-order valence-electron chi connectivity index (χ2n) is 4.49. The third-order valence-corrected chi connectivity index (χ3v) is 2.84. The third-order valence-electron chi connectivity index (χ3n) is 2.84. The summed E-state index contributed by atoms with van der Waals surface area (Å²) < 4.78 is 5.36. The van der Waals surface area contributed by atoms with Crippen LogP contribution < -0.4 is 5.73 Å². The van der Waals surface area contributed by atoms with Crippen LogP contribution in [0.1, 0.15) is 33.6 Å². The van der Waals surface area contributed by atoms with Crippen LogP contribution in [-0.2, 0) is 4.74 Å². The fraction of sp³-hybridized carbons (Fsp3) is 0.909. The monoisotopic (exact) mass is 231 g/mol. The van der Waals surface area contributed by atoms with E-state index in [1.54, 1.807) is 7.11 Å². The molecular weight excluding hydrogens is 206 g/mol. The highest BCUT2D eigenvalue weighted by Gasteiger charge is 2.17. The molecule has 5 heteroatoms. The molecule has 0 atom stereocenters. The summed E-state index contributed by atoms with van der Waals surface area (Å²) in [5.41, 5.74) is 5.34. The van der Waals surface area contributed by atoms with Crippen molar-refractivity contribution in [3.8, 4) is 0 Å². The molecule has 3 N–H and O–H groups in total. The van der Waals surface area contributed by atoms with Gasteiger partial charge < -0.3 is 20.6 Å². The Kier molecular flexibility index (Phi) is 7.08. The number of nitrogens with two attached hydrogens (primary N) is 1. The van der Waals surface area contributed by atoms with Gasteiger partial charge in [0.25, 0.3) is 0 Å². The molecule has 0 rings (SSSR count). The van der Waals surface area contributed by atoms with E-state index in [-0.39, 0.29) is 11.4 Å². The summed E-state index contributed by atoms with van der Waals surface area (Å²) in [5, 5.41) is 11.4. The van der Waals surface area contributed by atoms with Crippen molar-refractivity contribution in [2.24, 2.45) is 10.9 Å². The second kappa shape index (κ2) is 7.46. The number of amidine groups is 1. The predicted molar refractivity (Wildman–Crippen MR) is 65.8 cm³/mol. The van der Waals surface area contributed by atoms with Gasteiger partial charge in [-0.15, -0.1) is 0 Å². The second-order valence-corrected chi connectivity index (χ2v) is 4.49. The van der Waals surface area contributed by atoms with E-state index in [0.29, 0.717) is 6.42 Å². The molecule has 0 aliphatic rings. The summed E-state index contributed by atoms with van der Waals surface area (Å²) in [6.45, 7) is 8.97. The lowest BCUT2D eigenvalue weighted by atomic mass is 10.1. The maximum absolute atomic E-state index is 8.44. The molecule has 0 aliphatic carbocycles. The molecule has 0 aromatic heterocycles. The zero-order valence-corrected chi connectivity index (χ0v) is 10.9. The minimum atomic E-state index is -0.0932. The van der Waals surface area contributed by atoms with Gasteiger partial charge in [0.05, 0.1) is 5.60 Å². The van der Waals surface area contributed by atoms with Gasteiger partial charge in [0.1, 0.15) is 5.84 Å². The molecule has 0 bridgehead atoms. The number of nitrogens with zero attached hydrogens (tertiary/aromatic N) is 2. The summed E-state index contributed by atoms with van der Waals surface area (Å²) in [6.07, 6.45) is 1.56. The number of oxime groups is 1. The van der Waals surface area contributed by atoms with Gasteiger partial charge in [0.2, 0.25) is 0 Å². The summed E-state index contributed by atoms with van der Waals surface area (Å²) in [4.78, 5) is 2.26. The maximum atomic E-state index is 8.44. The molecule has 16 heavy (non-hydrogen) atoms. The van der Waals surface area contributed by atoms with E-state index in [2.05, 4.69) is 30.8 Å². The van der Waals surface area contributed by atoms with Gasteiger partial charge in [-0.05, 0) is 26.8 Å². The third kappa shape index (κ3) is 6.63. The van der Waals surface area contributed by atoms with Crippen molar-refractivity contribution < 1.29 is 9.94 Å². The van der Waals surface area contributed by atoms with E-state index in [1.165, 1.54) is 0 Å². The first-order valence-electron chi connectivity index (χ1n) is 5.69. The van der Waals surface area contributed by atoms with Crippen LogP contribution in [0.25, 0.3) is 0 Å². The molecule has 0 saturated carbocycles. The lowest BCUT2D eigenvalue weighted by Crippen LogP contribution is -2.34. The Morgan fingerprint density at radius 1 is 1.44 bits per heavy atom.